The molecule has 29 heavy (non-hydrogen) atoms. The Kier molecular flexibility index (Phi) is 16.7. The molecule has 0 heterocycles. The molecule has 0 spiro atoms. The van der Waals surface area contributed by atoms with Crippen molar-refractivity contribution in [1.29, 1.82) is 0 Å². The first-order valence-electron chi connectivity index (χ1n) is 9.03. The van der Waals surface area contributed by atoms with E-state index in [4.69, 9.17) is 18.9 Å². The minimum absolute atomic E-state index is 0.0317. The first-order valence-corrected chi connectivity index (χ1v) is 11.6. The van der Waals surface area contributed by atoms with Crippen molar-refractivity contribution in [3.05, 3.63) is 12.3 Å². The number of carbonyl (C=O) groups excluding carboxylic acids is 3. The van der Waals surface area contributed by atoms with Crippen molar-refractivity contribution in [1.82, 2.24) is 0 Å². The van der Waals surface area contributed by atoms with Gasteiger partial charge in [0.2, 0.25) is 0 Å². The van der Waals surface area contributed by atoms with Gasteiger partial charge in [0, 0.05) is 23.7 Å². The first-order chi connectivity index (χ1) is 13.8. The largest absolute Gasteiger partial charge is 0.498 e. The average Bonchev–Trinajstić information content (AvgIpc) is 2.68. The molecule has 0 fully saturated rings. The molecule has 7 nitrogen and oxygen atoms in total. The van der Waals surface area contributed by atoms with E-state index in [0.29, 0.717) is 35.2 Å². The predicted molar refractivity (Wildman–Crippen MR) is 124 cm³/mol. The molecular formula is C18H30O7S4. The third-order valence-corrected chi connectivity index (χ3v) is 4.43. The SMILES string of the molecule is C=C(CCS)OCC(COC(=O)CCS)(COC(=O)CCS)COC(=O)CCS. The van der Waals surface area contributed by atoms with Crippen molar-refractivity contribution in [2.75, 3.05) is 49.4 Å². The summed E-state index contributed by atoms with van der Waals surface area (Å²) in [5, 5.41) is 0. The summed E-state index contributed by atoms with van der Waals surface area (Å²) in [6.07, 6.45) is 0.861. The molecule has 0 atom stereocenters. The van der Waals surface area contributed by atoms with Crippen LogP contribution in [0.4, 0.5) is 0 Å². The normalized spacial score (nSPS) is 10.9. The Balaban J connectivity index is 5.35. The lowest BCUT2D eigenvalue weighted by Gasteiger charge is -2.32. The number of allylic oxidation sites excluding steroid dienone is 1. The van der Waals surface area contributed by atoms with E-state index < -0.39 is 23.3 Å². The molecule has 0 rings (SSSR count). The van der Waals surface area contributed by atoms with Gasteiger partial charge in [-0.15, -0.1) is 0 Å². The topological polar surface area (TPSA) is 88.1 Å². The fourth-order valence-corrected chi connectivity index (χ4v) is 2.69. The second-order valence-electron chi connectivity index (χ2n) is 6.20. The van der Waals surface area contributed by atoms with Gasteiger partial charge in [0.05, 0.1) is 25.0 Å². The highest BCUT2D eigenvalue weighted by Crippen LogP contribution is 2.23. The molecule has 0 amide bonds. The lowest BCUT2D eigenvalue weighted by molar-refractivity contribution is -0.165. The van der Waals surface area contributed by atoms with E-state index in [1.165, 1.54) is 0 Å². The lowest BCUT2D eigenvalue weighted by Crippen LogP contribution is -2.43. The number of ether oxygens (including phenoxy) is 4. The van der Waals surface area contributed by atoms with Crippen LogP contribution >= 0.6 is 50.5 Å². The Hall–Kier alpha value is -0.650. The maximum Gasteiger partial charge on any atom is 0.306 e. The molecule has 0 aliphatic carbocycles. The third kappa shape index (κ3) is 14.1. The van der Waals surface area contributed by atoms with Crippen LogP contribution in [-0.4, -0.2) is 67.3 Å². The zero-order valence-corrected chi connectivity index (χ0v) is 19.9. The molecular weight excluding hydrogens is 456 g/mol. The molecule has 0 aromatic carbocycles. The average molecular weight is 487 g/mol. The van der Waals surface area contributed by atoms with Gasteiger partial charge in [-0.2, -0.15) is 50.5 Å². The van der Waals surface area contributed by atoms with E-state index >= 15 is 0 Å². The predicted octanol–water partition coefficient (Wildman–Crippen LogP) is 2.41. The van der Waals surface area contributed by atoms with Crippen LogP contribution in [0, 0.1) is 5.41 Å². The van der Waals surface area contributed by atoms with E-state index in [1.807, 2.05) is 0 Å². The smallest absolute Gasteiger partial charge is 0.306 e. The molecule has 0 bridgehead atoms. The van der Waals surface area contributed by atoms with Gasteiger partial charge in [-0.25, -0.2) is 0 Å². The summed E-state index contributed by atoms with van der Waals surface area (Å²) in [6, 6.07) is 0. The molecule has 168 valence electrons. The van der Waals surface area contributed by atoms with E-state index in [1.54, 1.807) is 0 Å². The van der Waals surface area contributed by atoms with Crippen molar-refractivity contribution < 1.29 is 33.3 Å². The maximum absolute atomic E-state index is 11.8. The van der Waals surface area contributed by atoms with Crippen LogP contribution in [0.5, 0.6) is 0 Å². The van der Waals surface area contributed by atoms with Gasteiger partial charge in [-0.05, 0) is 5.75 Å². The van der Waals surface area contributed by atoms with Crippen LogP contribution in [0.3, 0.4) is 0 Å². The number of hydrogen-bond donors (Lipinski definition) is 4. The number of esters is 3. The molecule has 0 N–H and O–H groups in total. The fraction of sp³-hybridized carbons (Fsp3) is 0.722. The highest BCUT2D eigenvalue weighted by atomic mass is 32.1. The second kappa shape index (κ2) is 17.1. The molecule has 0 aromatic heterocycles. The number of hydrogen-bond acceptors (Lipinski definition) is 11. The third-order valence-electron chi connectivity index (χ3n) is 3.54. The lowest BCUT2D eigenvalue weighted by atomic mass is 9.92. The zero-order valence-electron chi connectivity index (χ0n) is 16.3. The minimum atomic E-state index is -1.09. The van der Waals surface area contributed by atoms with E-state index in [-0.39, 0.29) is 45.7 Å². The Bertz CT molecular complexity index is 435. The van der Waals surface area contributed by atoms with Crippen molar-refractivity contribution in [2.24, 2.45) is 5.41 Å². The van der Waals surface area contributed by atoms with Gasteiger partial charge in [0.25, 0.3) is 0 Å². The number of thiol groups is 4. The van der Waals surface area contributed by atoms with E-state index in [9.17, 15) is 14.4 Å². The Labute approximate surface area is 194 Å². The Morgan fingerprint density at radius 1 is 0.586 bits per heavy atom. The minimum Gasteiger partial charge on any atom is -0.498 e. The molecule has 0 radical (unpaired) electrons. The van der Waals surface area contributed by atoms with E-state index in [0.717, 1.165) is 0 Å². The molecule has 0 saturated heterocycles. The Morgan fingerprint density at radius 3 is 1.21 bits per heavy atom. The first kappa shape index (κ1) is 28.4. The van der Waals surface area contributed by atoms with Crippen LogP contribution in [0.25, 0.3) is 0 Å². The van der Waals surface area contributed by atoms with Crippen molar-refractivity contribution in [3.8, 4) is 0 Å². The summed E-state index contributed by atoms with van der Waals surface area (Å²) < 4.78 is 21.6. The summed E-state index contributed by atoms with van der Waals surface area (Å²) in [7, 11) is 0. The highest BCUT2D eigenvalue weighted by Gasteiger charge is 2.37. The molecule has 0 aliphatic rings. The standard InChI is InChI=1S/C18H30O7S4/c1-14(2-6-26)22-10-18(11-23-15(19)3-7-27,12-24-16(20)4-8-28)13-25-17(21)5-9-29/h26-29H,1-13H2. The van der Waals surface area contributed by atoms with Crippen LogP contribution in [-0.2, 0) is 33.3 Å². The Morgan fingerprint density at radius 2 is 0.897 bits per heavy atom. The monoisotopic (exact) mass is 486 g/mol. The molecule has 0 aromatic rings. The summed E-state index contributed by atoms with van der Waals surface area (Å²) in [5.74, 6) is 0.579. The van der Waals surface area contributed by atoms with Gasteiger partial charge in [0.1, 0.15) is 31.8 Å². The molecule has 0 saturated carbocycles. The molecule has 0 unspecified atom stereocenters. The highest BCUT2D eigenvalue weighted by molar-refractivity contribution is 7.80. The van der Waals surface area contributed by atoms with Crippen molar-refractivity contribution >= 4 is 68.4 Å². The summed E-state index contributed by atoms with van der Waals surface area (Å²) in [5.41, 5.74) is -1.09. The van der Waals surface area contributed by atoms with Gasteiger partial charge < -0.3 is 18.9 Å². The summed E-state index contributed by atoms with van der Waals surface area (Å²) in [4.78, 5) is 35.5. The zero-order chi connectivity index (χ0) is 22.1. The number of rotatable bonds is 17. The van der Waals surface area contributed by atoms with Gasteiger partial charge in [-0.1, -0.05) is 6.58 Å². The number of carbonyl (C=O) groups is 3. The van der Waals surface area contributed by atoms with Crippen LogP contribution in [0.1, 0.15) is 25.7 Å². The maximum atomic E-state index is 11.8. The summed E-state index contributed by atoms with van der Waals surface area (Å²) in [6.45, 7) is 3.25. The van der Waals surface area contributed by atoms with Crippen molar-refractivity contribution in [3.63, 3.8) is 0 Å². The second-order valence-corrected chi connectivity index (χ2v) is 7.99. The molecule has 11 heteroatoms. The van der Waals surface area contributed by atoms with Crippen LogP contribution in [0.2, 0.25) is 0 Å². The van der Waals surface area contributed by atoms with Gasteiger partial charge in [0.15, 0.2) is 0 Å². The van der Waals surface area contributed by atoms with Crippen LogP contribution < -0.4 is 0 Å². The van der Waals surface area contributed by atoms with E-state index in [2.05, 4.69) is 57.1 Å². The quantitative estimate of drug-likeness (QED) is 0.109. The van der Waals surface area contributed by atoms with Crippen LogP contribution in [0.15, 0.2) is 12.3 Å². The summed E-state index contributed by atoms with van der Waals surface area (Å²) >= 11 is 16.1. The van der Waals surface area contributed by atoms with Gasteiger partial charge >= 0.3 is 17.9 Å². The van der Waals surface area contributed by atoms with Gasteiger partial charge in [-0.3, -0.25) is 14.4 Å². The van der Waals surface area contributed by atoms with Crippen molar-refractivity contribution in [2.45, 2.75) is 25.7 Å². The fourth-order valence-electron chi connectivity index (χ4n) is 1.89. The molecule has 0 aliphatic heterocycles.